The summed E-state index contributed by atoms with van der Waals surface area (Å²) in [5.41, 5.74) is 0. The van der Waals surface area contributed by atoms with Gasteiger partial charge in [0.15, 0.2) is 0 Å². The lowest BCUT2D eigenvalue weighted by Gasteiger charge is -2.15. The molecule has 0 aliphatic rings. The van der Waals surface area contributed by atoms with Crippen LogP contribution in [0.5, 0.6) is 11.5 Å². The molecule has 0 bridgehead atoms. The van der Waals surface area contributed by atoms with Crippen molar-refractivity contribution in [1.29, 1.82) is 0 Å². The topological polar surface area (TPSA) is 86.7 Å². The summed E-state index contributed by atoms with van der Waals surface area (Å²) in [6.07, 6.45) is 0. The Bertz CT molecular complexity index is 1170. The number of alkyl halides is 1. The fraction of sp³-hybridized carbons (Fsp3) is 0.455. The highest BCUT2D eigenvalue weighted by Gasteiger charge is 2.21. The fourth-order valence-electron chi connectivity index (χ4n) is 2.78. The molecule has 0 saturated carbocycles. The van der Waals surface area contributed by atoms with Crippen molar-refractivity contribution in [2.24, 2.45) is 11.8 Å². The molecule has 0 spiro atoms. The smallest absolute Gasteiger partial charge is 0.206 e. The largest absolute Gasteiger partial charge is 0.492 e. The van der Waals surface area contributed by atoms with Gasteiger partial charge in [-0.05, 0) is 36.4 Å². The molecule has 2 rings (SSSR count). The van der Waals surface area contributed by atoms with Crippen molar-refractivity contribution in [1.82, 2.24) is 0 Å². The van der Waals surface area contributed by atoms with Crippen molar-refractivity contribution in [3.05, 3.63) is 46.4 Å². The first-order valence-corrected chi connectivity index (χ1v) is 14.8. The lowest BCUT2D eigenvalue weighted by atomic mass is 10.2. The lowest BCUT2D eigenvalue weighted by molar-refractivity contribution is 0.272. The molecule has 0 heterocycles. The second-order valence-corrected chi connectivity index (χ2v) is 13.3. The van der Waals surface area contributed by atoms with E-state index in [1.54, 1.807) is 13.8 Å². The molecule has 0 aliphatic heterocycles. The van der Waals surface area contributed by atoms with Gasteiger partial charge in [-0.15, -0.1) is 11.6 Å². The molecule has 0 fully saturated rings. The molecule has 6 nitrogen and oxygen atoms in total. The summed E-state index contributed by atoms with van der Waals surface area (Å²) in [5, 5.41) is 0.266. The van der Waals surface area contributed by atoms with Gasteiger partial charge in [0.05, 0.1) is 38.8 Å². The van der Waals surface area contributed by atoms with Crippen LogP contribution in [0.15, 0.2) is 46.2 Å². The Balaban J connectivity index is 2.15. The zero-order valence-corrected chi connectivity index (χ0v) is 22.5. The Hall–Kier alpha value is -1.19. The second kappa shape index (κ2) is 12.0. The quantitative estimate of drug-likeness (QED) is 0.319. The average molecular weight is 558 g/mol. The predicted octanol–water partition coefficient (Wildman–Crippen LogP) is 5.53. The van der Waals surface area contributed by atoms with E-state index in [1.165, 1.54) is 36.4 Å². The van der Waals surface area contributed by atoms with E-state index in [4.69, 9.17) is 44.3 Å². The van der Waals surface area contributed by atoms with Crippen LogP contribution < -0.4 is 9.47 Å². The van der Waals surface area contributed by atoms with Crippen molar-refractivity contribution < 1.29 is 26.3 Å². The highest BCUT2D eigenvalue weighted by Crippen LogP contribution is 2.33. The molecular weight excluding hydrogens is 531 g/mol. The van der Waals surface area contributed by atoms with Crippen LogP contribution in [0.4, 0.5) is 0 Å². The first-order chi connectivity index (χ1) is 15.4. The number of rotatable bonds is 12. The van der Waals surface area contributed by atoms with Crippen molar-refractivity contribution in [2.45, 2.75) is 30.6 Å². The monoisotopic (exact) mass is 556 g/mol. The van der Waals surface area contributed by atoms with Gasteiger partial charge >= 0.3 is 0 Å². The van der Waals surface area contributed by atoms with Gasteiger partial charge in [-0.3, -0.25) is 0 Å². The van der Waals surface area contributed by atoms with Crippen molar-refractivity contribution >= 4 is 54.5 Å². The predicted molar refractivity (Wildman–Crippen MR) is 133 cm³/mol. The zero-order valence-electron chi connectivity index (χ0n) is 18.6. The number of hydrogen-bond acceptors (Lipinski definition) is 6. The summed E-state index contributed by atoms with van der Waals surface area (Å²) in [4.78, 5) is -0.0321. The highest BCUT2D eigenvalue weighted by atomic mass is 35.5. The van der Waals surface area contributed by atoms with Crippen LogP contribution in [-0.2, 0) is 19.7 Å². The normalized spacial score (nSPS) is 14.0. The Morgan fingerprint density at radius 2 is 1.27 bits per heavy atom. The Labute approximate surface area is 211 Å². The molecule has 33 heavy (non-hydrogen) atoms. The van der Waals surface area contributed by atoms with E-state index in [0.29, 0.717) is 18.2 Å². The van der Waals surface area contributed by atoms with Gasteiger partial charge in [-0.25, -0.2) is 16.8 Å². The number of hydrogen-bond donors (Lipinski definition) is 0. The molecule has 0 radical (unpaired) electrons. The Morgan fingerprint density at radius 3 is 1.67 bits per heavy atom. The summed E-state index contributed by atoms with van der Waals surface area (Å²) in [7, 11) is -7.02. The molecule has 0 saturated heterocycles. The first-order valence-electron chi connectivity index (χ1n) is 10.3. The van der Waals surface area contributed by atoms with Crippen LogP contribution >= 0.6 is 34.8 Å². The third kappa shape index (κ3) is 7.92. The molecule has 0 aromatic heterocycles. The standard InChI is InChI=1S/C22H27Cl3O6S2/c1-4-32(26,27)14-16(3)13-31-22-8-6-18(10-20(22)25)33(28,29)17-5-7-21(19(24)9-17)30-12-15(2)11-23/h5-10,15-16H,4,11-14H2,1-3H3/t15-,16+/m0/s1. The average Bonchev–Trinajstić information content (AvgIpc) is 2.76. The molecule has 11 heteroatoms. The minimum atomic E-state index is -3.89. The van der Waals surface area contributed by atoms with E-state index >= 15 is 0 Å². The second-order valence-electron chi connectivity index (χ2n) is 7.87. The van der Waals surface area contributed by atoms with Crippen LogP contribution in [-0.4, -0.2) is 47.4 Å². The Morgan fingerprint density at radius 1 is 0.818 bits per heavy atom. The lowest BCUT2D eigenvalue weighted by Crippen LogP contribution is -2.20. The van der Waals surface area contributed by atoms with E-state index in [0.717, 1.165) is 0 Å². The number of halogens is 3. The molecule has 0 amide bonds. The summed E-state index contributed by atoms with van der Waals surface area (Å²) in [5.74, 6) is 1.01. The van der Waals surface area contributed by atoms with Crippen molar-refractivity contribution in [3.63, 3.8) is 0 Å². The van der Waals surface area contributed by atoms with Gasteiger partial charge in [0.1, 0.15) is 21.3 Å². The van der Waals surface area contributed by atoms with Gasteiger partial charge in [0, 0.05) is 23.5 Å². The summed E-state index contributed by atoms with van der Waals surface area (Å²) in [6.45, 7) is 5.76. The third-order valence-electron chi connectivity index (χ3n) is 4.72. The molecule has 2 aromatic rings. The zero-order chi connectivity index (χ0) is 24.8. The van der Waals surface area contributed by atoms with Crippen LogP contribution in [0.2, 0.25) is 10.0 Å². The van der Waals surface area contributed by atoms with Gasteiger partial charge < -0.3 is 9.47 Å². The van der Waals surface area contributed by atoms with Crippen LogP contribution in [0.3, 0.4) is 0 Å². The minimum Gasteiger partial charge on any atom is -0.492 e. The van der Waals surface area contributed by atoms with Crippen molar-refractivity contribution in [3.8, 4) is 11.5 Å². The van der Waals surface area contributed by atoms with E-state index in [-0.39, 0.29) is 55.5 Å². The molecule has 2 aromatic carbocycles. The van der Waals surface area contributed by atoms with E-state index in [1.807, 2.05) is 6.92 Å². The maximum Gasteiger partial charge on any atom is 0.206 e. The minimum absolute atomic E-state index is 0.00115. The maximum atomic E-state index is 13.0. The molecule has 184 valence electrons. The van der Waals surface area contributed by atoms with Crippen LogP contribution in [0.25, 0.3) is 0 Å². The summed E-state index contributed by atoms with van der Waals surface area (Å²) >= 11 is 18.2. The molecule has 0 aliphatic carbocycles. The number of ether oxygens (including phenoxy) is 2. The Kier molecular flexibility index (Phi) is 10.2. The maximum absolute atomic E-state index is 13.0. The summed E-state index contributed by atoms with van der Waals surface area (Å²) < 4.78 is 60.8. The van der Waals surface area contributed by atoms with E-state index in [2.05, 4.69) is 0 Å². The van der Waals surface area contributed by atoms with Crippen LogP contribution in [0.1, 0.15) is 20.8 Å². The fourth-order valence-corrected chi connectivity index (χ4v) is 5.98. The number of sulfone groups is 2. The third-order valence-corrected chi connectivity index (χ3v) is 9.54. The highest BCUT2D eigenvalue weighted by molar-refractivity contribution is 7.91. The van der Waals surface area contributed by atoms with Gasteiger partial charge in [-0.1, -0.05) is 44.0 Å². The molecule has 0 unspecified atom stereocenters. The summed E-state index contributed by atoms with van der Waals surface area (Å²) in [6, 6.07) is 8.36. The van der Waals surface area contributed by atoms with E-state index < -0.39 is 19.7 Å². The van der Waals surface area contributed by atoms with Gasteiger partial charge in [0.25, 0.3) is 0 Å². The molecular formula is C22H27Cl3O6S2. The van der Waals surface area contributed by atoms with Gasteiger partial charge in [0.2, 0.25) is 9.84 Å². The molecule has 2 atom stereocenters. The number of benzene rings is 2. The van der Waals surface area contributed by atoms with Crippen molar-refractivity contribution in [2.75, 3.05) is 30.6 Å². The van der Waals surface area contributed by atoms with E-state index in [9.17, 15) is 16.8 Å². The van der Waals surface area contributed by atoms with Gasteiger partial charge in [-0.2, -0.15) is 0 Å². The first kappa shape index (κ1) is 28.1. The molecule has 0 N–H and O–H groups in total. The SMILES string of the molecule is CCS(=O)(=O)C[C@H](C)COc1ccc(S(=O)(=O)c2ccc(OC[C@@H](C)CCl)c(Cl)c2)cc1Cl. The van der Waals surface area contributed by atoms with Crippen LogP contribution in [0, 0.1) is 11.8 Å².